The summed E-state index contributed by atoms with van der Waals surface area (Å²) in [5.74, 6) is 0. The third kappa shape index (κ3) is 1.31. The van der Waals surface area contributed by atoms with Crippen LogP contribution in [0.2, 0.25) is 0 Å². The molecule has 0 aliphatic carbocycles. The minimum absolute atomic E-state index is 0.714. The maximum Gasteiger partial charge on any atom is 0.0101 e. The molecule has 3 aliphatic rings. The molecule has 2 nitrogen and oxygen atoms in total. The highest BCUT2D eigenvalue weighted by Gasteiger charge is 2.42. The Morgan fingerprint density at radius 2 is 2.23 bits per heavy atom. The lowest BCUT2D eigenvalue weighted by Gasteiger charge is -2.41. The molecule has 2 heteroatoms. The van der Waals surface area contributed by atoms with Crippen LogP contribution in [0.25, 0.3) is 0 Å². The van der Waals surface area contributed by atoms with Crippen molar-refractivity contribution in [2.24, 2.45) is 5.41 Å². The van der Waals surface area contributed by atoms with Crippen LogP contribution in [0.5, 0.6) is 0 Å². The fraction of sp³-hybridized carbons (Fsp3) is 1.00. The molecule has 3 aliphatic heterocycles. The van der Waals surface area contributed by atoms with E-state index < -0.39 is 0 Å². The molecule has 0 radical (unpaired) electrons. The zero-order valence-electron chi connectivity index (χ0n) is 8.39. The lowest BCUT2D eigenvalue weighted by molar-refractivity contribution is 0.0899. The average Bonchev–Trinajstić information content (AvgIpc) is 2.74. The summed E-state index contributed by atoms with van der Waals surface area (Å²) in [7, 11) is 0. The zero-order chi connectivity index (χ0) is 8.73. The van der Waals surface area contributed by atoms with Gasteiger partial charge in [-0.05, 0) is 57.2 Å². The molecule has 0 saturated carbocycles. The first-order valence-corrected chi connectivity index (χ1v) is 5.83. The Morgan fingerprint density at radius 1 is 1.23 bits per heavy atom. The van der Waals surface area contributed by atoms with Gasteiger partial charge in [-0.2, -0.15) is 0 Å². The molecule has 0 bridgehead atoms. The van der Waals surface area contributed by atoms with Gasteiger partial charge in [-0.15, -0.1) is 0 Å². The van der Waals surface area contributed by atoms with Gasteiger partial charge in [0.15, 0.2) is 0 Å². The van der Waals surface area contributed by atoms with Gasteiger partial charge in [0.2, 0.25) is 0 Å². The second kappa shape index (κ2) is 2.96. The normalized spacial score (nSPS) is 45.7. The van der Waals surface area contributed by atoms with Crippen molar-refractivity contribution < 1.29 is 0 Å². The number of rotatable bonds is 0. The Kier molecular flexibility index (Phi) is 1.88. The summed E-state index contributed by atoms with van der Waals surface area (Å²) in [6.07, 6.45) is 7.31. The van der Waals surface area contributed by atoms with Gasteiger partial charge in [-0.1, -0.05) is 0 Å². The summed E-state index contributed by atoms with van der Waals surface area (Å²) >= 11 is 0. The third-order valence-corrected chi connectivity index (χ3v) is 4.43. The molecule has 3 fully saturated rings. The highest BCUT2D eigenvalue weighted by Crippen LogP contribution is 2.42. The van der Waals surface area contributed by atoms with Crippen LogP contribution >= 0.6 is 0 Å². The van der Waals surface area contributed by atoms with Crippen molar-refractivity contribution in [3.05, 3.63) is 0 Å². The van der Waals surface area contributed by atoms with E-state index in [9.17, 15) is 0 Å². The van der Waals surface area contributed by atoms with Crippen LogP contribution in [0.4, 0.5) is 0 Å². The third-order valence-electron chi connectivity index (χ3n) is 4.43. The van der Waals surface area contributed by atoms with E-state index in [0.717, 1.165) is 6.04 Å². The maximum absolute atomic E-state index is 3.54. The topological polar surface area (TPSA) is 15.3 Å². The highest BCUT2D eigenvalue weighted by atomic mass is 15.2. The van der Waals surface area contributed by atoms with Crippen molar-refractivity contribution in [1.82, 2.24) is 10.2 Å². The minimum atomic E-state index is 0.714. The van der Waals surface area contributed by atoms with Crippen LogP contribution < -0.4 is 5.32 Å². The van der Waals surface area contributed by atoms with Gasteiger partial charge in [0.1, 0.15) is 0 Å². The Labute approximate surface area is 80.7 Å². The number of nitrogens with zero attached hydrogens (tertiary/aromatic N) is 1. The summed E-state index contributed by atoms with van der Waals surface area (Å²) in [5, 5.41) is 3.54. The summed E-state index contributed by atoms with van der Waals surface area (Å²) in [6.45, 7) is 5.34. The van der Waals surface area contributed by atoms with E-state index in [0.29, 0.717) is 5.41 Å². The Hall–Kier alpha value is -0.0800. The summed E-state index contributed by atoms with van der Waals surface area (Å²) in [5.41, 5.74) is 0.714. The first-order valence-electron chi connectivity index (χ1n) is 5.83. The van der Waals surface area contributed by atoms with Crippen LogP contribution in [0.1, 0.15) is 32.1 Å². The SMILES string of the molecule is C1CC2CC3(CCNC3)CCN2C1. The lowest BCUT2D eigenvalue weighted by atomic mass is 9.75. The van der Waals surface area contributed by atoms with Gasteiger partial charge in [0.25, 0.3) is 0 Å². The smallest absolute Gasteiger partial charge is 0.0101 e. The molecule has 3 rings (SSSR count). The van der Waals surface area contributed by atoms with Gasteiger partial charge in [0, 0.05) is 12.6 Å². The van der Waals surface area contributed by atoms with E-state index >= 15 is 0 Å². The summed E-state index contributed by atoms with van der Waals surface area (Å²) < 4.78 is 0. The molecule has 3 saturated heterocycles. The molecular formula is C11H20N2. The standard InChI is InChI=1S/C11H20N2/c1-2-10-8-11(3-5-12-9-11)4-7-13(10)6-1/h10,12H,1-9H2. The fourth-order valence-corrected chi connectivity index (χ4v) is 3.59. The van der Waals surface area contributed by atoms with Crippen LogP contribution in [0, 0.1) is 5.41 Å². The van der Waals surface area contributed by atoms with Crippen molar-refractivity contribution >= 4 is 0 Å². The first kappa shape index (κ1) is 8.25. The van der Waals surface area contributed by atoms with Crippen molar-refractivity contribution in [2.45, 2.75) is 38.1 Å². The molecule has 0 aromatic rings. The molecule has 2 unspecified atom stereocenters. The molecule has 2 atom stereocenters. The van der Waals surface area contributed by atoms with Gasteiger partial charge in [0.05, 0.1) is 0 Å². The second-order valence-electron chi connectivity index (χ2n) is 5.21. The molecule has 0 amide bonds. The number of hydrogen-bond acceptors (Lipinski definition) is 2. The van der Waals surface area contributed by atoms with Gasteiger partial charge >= 0.3 is 0 Å². The number of fused-ring (bicyclic) bond motifs is 1. The van der Waals surface area contributed by atoms with Gasteiger partial charge in [-0.3, -0.25) is 0 Å². The minimum Gasteiger partial charge on any atom is -0.316 e. The Bertz CT molecular complexity index is 196. The van der Waals surface area contributed by atoms with Crippen molar-refractivity contribution in [3.63, 3.8) is 0 Å². The second-order valence-corrected chi connectivity index (χ2v) is 5.21. The average molecular weight is 180 g/mol. The Morgan fingerprint density at radius 3 is 3.08 bits per heavy atom. The maximum atomic E-state index is 3.54. The Balaban J connectivity index is 1.73. The highest BCUT2D eigenvalue weighted by molar-refractivity contribution is 4.98. The lowest BCUT2D eigenvalue weighted by Crippen LogP contribution is -2.44. The molecule has 1 N–H and O–H groups in total. The number of nitrogens with one attached hydrogen (secondary N) is 1. The van der Waals surface area contributed by atoms with Crippen molar-refractivity contribution in [3.8, 4) is 0 Å². The van der Waals surface area contributed by atoms with Crippen LogP contribution in [0.15, 0.2) is 0 Å². The molecule has 13 heavy (non-hydrogen) atoms. The van der Waals surface area contributed by atoms with Crippen molar-refractivity contribution in [2.75, 3.05) is 26.2 Å². The van der Waals surface area contributed by atoms with E-state index in [-0.39, 0.29) is 0 Å². The van der Waals surface area contributed by atoms with Gasteiger partial charge in [-0.25, -0.2) is 0 Å². The fourth-order valence-electron chi connectivity index (χ4n) is 3.59. The van der Waals surface area contributed by atoms with Crippen LogP contribution in [0.3, 0.4) is 0 Å². The van der Waals surface area contributed by atoms with E-state index in [1.54, 1.807) is 0 Å². The van der Waals surface area contributed by atoms with E-state index in [4.69, 9.17) is 0 Å². The molecular weight excluding hydrogens is 160 g/mol. The number of hydrogen-bond donors (Lipinski definition) is 1. The molecule has 0 aromatic carbocycles. The molecule has 0 aromatic heterocycles. The predicted molar refractivity (Wildman–Crippen MR) is 53.7 cm³/mol. The summed E-state index contributed by atoms with van der Waals surface area (Å²) in [6, 6.07) is 0.952. The monoisotopic (exact) mass is 180 g/mol. The molecule has 1 spiro atoms. The quantitative estimate of drug-likeness (QED) is 0.603. The largest absolute Gasteiger partial charge is 0.316 e. The number of piperidine rings is 1. The van der Waals surface area contributed by atoms with Gasteiger partial charge < -0.3 is 10.2 Å². The first-order chi connectivity index (χ1) is 6.38. The summed E-state index contributed by atoms with van der Waals surface area (Å²) in [4.78, 5) is 2.73. The van der Waals surface area contributed by atoms with E-state index in [2.05, 4.69) is 10.2 Å². The zero-order valence-corrected chi connectivity index (χ0v) is 8.39. The predicted octanol–water partition coefficient (Wildman–Crippen LogP) is 1.22. The van der Waals surface area contributed by atoms with E-state index in [1.165, 1.54) is 58.3 Å². The van der Waals surface area contributed by atoms with E-state index in [1.807, 2.05) is 0 Å². The van der Waals surface area contributed by atoms with Crippen LogP contribution in [-0.2, 0) is 0 Å². The molecule has 3 heterocycles. The van der Waals surface area contributed by atoms with Crippen molar-refractivity contribution in [1.29, 1.82) is 0 Å². The molecule has 74 valence electrons. The van der Waals surface area contributed by atoms with Crippen LogP contribution in [-0.4, -0.2) is 37.1 Å².